The minimum atomic E-state index is -0.506. The van der Waals surface area contributed by atoms with Gasteiger partial charge in [0.25, 0.3) is 0 Å². The van der Waals surface area contributed by atoms with Gasteiger partial charge in [-0.05, 0) is 48.4 Å². The number of carbonyl (C=O) groups is 1. The van der Waals surface area contributed by atoms with E-state index in [1.165, 1.54) is 18.2 Å². The first-order valence-electron chi connectivity index (χ1n) is 7.99. The minimum absolute atomic E-state index is 0.129. The van der Waals surface area contributed by atoms with Gasteiger partial charge in [0, 0.05) is 11.3 Å². The number of hydrogen-bond donors (Lipinski definition) is 2. The maximum absolute atomic E-state index is 14.5. The van der Waals surface area contributed by atoms with Crippen molar-refractivity contribution in [2.24, 2.45) is 0 Å². The smallest absolute Gasteiger partial charge is 0.231 e. The molecule has 0 aromatic heterocycles. The summed E-state index contributed by atoms with van der Waals surface area (Å²) >= 11 is 0. The Labute approximate surface area is 145 Å². The standard InChI is InChI=1S/C21H18FNO2/c1-14(21(25)23-17-8-10-18(24)11-9-17)16-7-12-19(20(22)13-16)15-5-3-2-4-6-15/h2-14,24H,1H3,(H,23,25). The molecular weight excluding hydrogens is 317 g/mol. The number of halogens is 1. The van der Waals surface area contributed by atoms with Gasteiger partial charge in [0.2, 0.25) is 5.91 Å². The molecule has 3 rings (SSSR count). The summed E-state index contributed by atoms with van der Waals surface area (Å²) < 4.78 is 14.5. The van der Waals surface area contributed by atoms with Crippen molar-refractivity contribution in [3.63, 3.8) is 0 Å². The summed E-state index contributed by atoms with van der Waals surface area (Å²) in [6, 6.07) is 20.4. The van der Waals surface area contributed by atoms with Gasteiger partial charge in [0.1, 0.15) is 11.6 Å². The van der Waals surface area contributed by atoms with Crippen molar-refractivity contribution in [3.8, 4) is 16.9 Å². The van der Waals surface area contributed by atoms with E-state index in [4.69, 9.17) is 0 Å². The molecule has 25 heavy (non-hydrogen) atoms. The van der Waals surface area contributed by atoms with E-state index in [0.29, 0.717) is 16.8 Å². The normalized spacial score (nSPS) is 11.8. The van der Waals surface area contributed by atoms with Gasteiger partial charge in [-0.25, -0.2) is 4.39 Å². The summed E-state index contributed by atoms with van der Waals surface area (Å²) in [6.07, 6.45) is 0. The van der Waals surface area contributed by atoms with Crippen molar-refractivity contribution in [3.05, 3.63) is 84.2 Å². The van der Waals surface area contributed by atoms with Crippen molar-refractivity contribution in [1.82, 2.24) is 0 Å². The lowest BCUT2D eigenvalue weighted by atomic mass is 9.96. The Balaban J connectivity index is 1.78. The van der Waals surface area contributed by atoms with Crippen LogP contribution in [0.2, 0.25) is 0 Å². The van der Waals surface area contributed by atoms with Gasteiger partial charge < -0.3 is 10.4 Å². The Morgan fingerprint density at radius 3 is 2.32 bits per heavy atom. The quantitative estimate of drug-likeness (QED) is 0.664. The highest BCUT2D eigenvalue weighted by atomic mass is 19.1. The average molecular weight is 335 g/mol. The molecule has 1 atom stereocenters. The number of rotatable bonds is 4. The molecule has 0 bridgehead atoms. The third-order valence-corrected chi connectivity index (χ3v) is 4.11. The molecule has 0 aliphatic heterocycles. The third kappa shape index (κ3) is 3.86. The highest BCUT2D eigenvalue weighted by Gasteiger charge is 2.17. The van der Waals surface area contributed by atoms with Gasteiger partial charge in [-0.1, -0.05) is 42.5 Å². The van der Waals surface area contributed by atoms with Gasteiger partial charge in [-0.3, -0.25) is 4.79 Å². The molecule has 3 aromatic carbocycles. The van der Waals surface area contributed by atoms with E-state index in [1.54, 1.807) is 31.2 Å². The first-order valence-corrected chi connectivity index (χ1v) is 7.99. The van der Waals surface area contributed by atoms with Crippen molar-refractivity contribution < 1.29 is 14.3 Å². The lowest BCUT2D eigenvalue weighted by Gasteiger charge is -2.14. The van der Waals surface area contributed by atoms with Crippen LogP contribution in [0, 0.1) is 5.82 Å². The topological polar surface area (TPSA) is 49.3 Å². The van der Waals surface area contributed by atoms with Gasteiger partial charge in [-0.2, -0.15) is 0 Å². The van der Waals surface area contributed by atoms with Gasteiger partial charge >= 0.3 is 0 Å². The zero-order valence-corrected chi connectivity index (χ0v) is 13.7. The van der Waals surface area contributed by atoms with E-state index >= 15 is 0 Å². The SMILES string of the molecule is CC(C(=O)Nc1ccc(O)cc1)c1ccc(-c2ccccc2)c(F)c1. The van der Waals surface area contributed by atoms with Crippen LogP contribution in [0.1, 0.15) is 18.4 Å². The van der Waals surface area contributed by atoms with Gasteiger partial charge in [-0.15, -0.1) is 0 Å². The van der Waals surface area contributed by atoms with E-state index in [1.807, 2.05) is 30.3 Å². The van der Waals surface area contributed by atoms with Crippen LogP contribution in [0.15, 0.2) is 72.8 Å². The molecule has 2 N–H and O–H groups in total. The monoisotopic (exact) mass is 335 g/mol. The summed E-state index contributed by atoms with van der Waals surface area (Å²) in [5, 5.41) is 12.0. The fourth-order valence-electron chi connectivity index (χ4n) is 2.60. The van der Waals surface area contributed by atoms with E-state index in [-0.39, 0.29) is 17.5 Å². The maximum Gasteiger partial charge on any atom is 0.231 e. The molecule has 1 unspecified atom stereocenters. The van der Waals surface area contributed by atoms with Crippen LogP contribution < -0.4 is 5.32 Å². The van der Waals surface area contributed by atoms with Gasteiger partial charge in [0.15, 0.2) is 0 Å². The zero-order valence-electron chi connectivity index (χ0n) is 13.7. The van der Waals surface area contributed by atoms with Crippen LogP contribution in [0.4, 0.5) is 10.1 Å². The van der Waals surface area contributed by atoms with Crippen LogP contribution >= 0.6 is 0 Å². The van der Waals surface area contributed by atoms with Crippen LogP contribution in [-0.2, 0) is 4.79 Å². The molecule has 1 amide bonds. The number of hydrogen-bond acceptors (Lipinski definition) is 2. The highest BCUT2D eigenvalue weighted by molar-refractivity contribution is 5.95. The Morgan fingerprint density at radius 2 is 1.68 bits per heavy atom. The number of anilines is 1. The average Bonchev–Trinajstić information content (AvgIpc) is 2.63. The molecule has 3 aromatic rings. The fraction of sp³-hybridized carbons (Fsp3) is 0.0952. The summed E-state index contributed by atoms with van der Waals surface area (Å²) in [4.78, 5) is 12.4. The van der Waals surface area contributed by atoms with Crippen LogP contribution in [0.3, 0.4) is 0 Å². The Bertz CT molecular complexity index is 876. The second-order valence-electron chi connectivity index (χ2n) is 5.86. The van der Waals surface area contributed by atoms with Crippen molar-refractivity contribution >= 4 is 11.6 Å². The number of benzene rings is 3. The largest absolute Gasteiger partial charge is 0.508 e. The lowest BCUT2D eigenvalue weighted by Crippen LogP contribution is -2.19. The first-order chi connectivity index (χ1) is 12.0. The van der Waals surface area contributed by atoms with E-state index in [9.17, 15) is 14.3 Å². The van der Waals surface area contributed by atoms with Crippen LogP contribution in [0.5, 0.6) is 5.75 Å². The van der Waals surface area contributed by atoms with Gasteiger partial charge in [0.05, 0.1) is 5.92 Å². The van der Waals surface area contributed by atoms with E-state index in [0.717, 1.165) is 5.56 Å². The second-order valence-corrected chi connectivity index (χ2v) is 5.86. The molecule has 0 fully saturated rings. The van der Waals surface area contributed by atoms with Crippen molar-refractivity contribution in [1.29, 1.82) is 0 Å². The van der Waals surface area contributed by atoms with Crippen molar-refractivity contribution in [2.75, 3.05) is 5.32 Å². The molecule has 0 spiro atoms. The van der Waals surface area contributed by atoms with E-state index < -0.39 is 5.92 Å². The fourth-order valence-corrected chi connectivity index (χ4v) is 2.60. The molecule has 0 aliphatic carbocycles. The molecule has 0 saturated carbocycles. The molecule has 4 heteroatoms. The number of carbonyl (C=O) groups excluding carboxylic acids is 1. The minimum Gasteiger partial charge on any atom is -0.508 e. The summed E-state index contributed by atoms with van der Waals surface area (Å²) in [5.74, 6) is -0.969. The number of amides is 1. The molecule has 0 radical (unpaired) electrons. The zero-order chi connectivity index (χ0) is 17.8. The lowest BCUT2D eigenvalue weighted by molar-refractivity contribution is -0.117. The summed E-state index contributed by atoms with van der Waals surface area (Å²) in [7, 11) is 0. The number of nitrogens with one attached hydrogen (secondary N) is 1. The predicted molar refractivity (Wildman–Crippen MR) is 97.0 cm³/mol. The van der Waals surface area contributed by atoms with Crippen LogP contribution in [0.25, 0.3) is 11.1 Å². The summed E-state index contributed by atoms with van der Waals surface area (Å²) in [5.41, 5.74) is 2.49. The Hall–Kier alpha value is -3.14. The highest BCUT2D eigenvalue weighted by Crippen LogP contribution is 2.27. The molecule has 0 aliphatic rings. The van der Waals surface area contributed by atoms with Crippen molar-refractivity contribution in [2.45, 2.75) is 12.8 Å². The molecular formula is C21H18FNO2. The second kappa shape index (κ2) is 7.18. The predicted octanol–water partition coefficient (Wildman–Crippen LogP) is 4.94. The Morgan fingerprint density at radius 1 is 1.00 bits per heavy atom. The van der Waals surface area contributed by atoms with E-state index in [2.05, 4.69) is 5.32 Å². The third-order valence-electron chi connectivity index (χ3n) is 4.11. The van der Waals surface area contributed by atoms with Crippen LogP contribution in [-0.4, -0.2) is 11.0 Å². The maximum atomic E-state index is 14.5. The first kappa shape index (κ1) is 16.7. The Kier molecular flexibility index (Phi) is 4.80. The molecule has 0 saturated heterocycles. The summed E-state index contributed by atoms with van der Waals surface area (Å²) in [6.45, 7) is 1.73. The molecule has 0 heterocycles. The number of aromatic hydroxyl groups is 1. The molecule has 126 valence electrons. The number of phenolic OH excluding ortho intramolecular Hbond substituents is 1. The number of phenols is 1. The molecule has 3 nitrogen and oxygen atoms in total.